The van der Waals surface area contributed by atoms with Gasteiger partial charge in [-0.25, -0.2) is 4.90 Å². The molecular formula is C21H18F3NO2. The SMILES string of the molecule is O=C1[C@H]2[C@H](C(=O)N1c1cccc(C(F)(F)F)c1)[C@H]1C=C[C@H]2C1=C1CCCC1. The Hall–Kier alpha value is -2.37. The fourth-order valence-electron chi connectivity index (χ4n) is 5.40. The van der Waals surface area contributed by atoms with Crippen molar-refractivity contribution in [1.82, 2.24) is 0 Å². The molecule has 4 aliphatic rings. The Morgan fingerprint density at radius 3 is 2.07 bits per heavy atom. The fraction of sp³-hybridized carbons (Fsp3) is 0.429. The normalized spacial score (nSPS) is 32.2. The third-order valence-corrected chi connectivity index (χ3v) is 6.46. The lowest BCUT2D eigenvalue weighted by molar-refractivity contribution is -0.137. The lowest BCUT2D eigenvalue weighted by Crippen LogP contribution is -2.33. The van der Waals surface area contributed by atoms with Crippen LogP contribution in [0, 0.1) is 23.7 Å². The molecule has 140 valence electrons. The standard InChI is InChI=1S/C21H18F3NO2/c22-21(23,24)12-6-3-7-13(10-12)25-19(26)17-14-8-9-15(18(17)20(25)27)16(14)11-4-1-2-5-11/h3,6-10,14-15,17-18H,1-2,4-5H2/t14-,15-,17+,18+/m0/s1. The predicted molar refractivity (Wildman–Crippen MR) is 92.5 cm³/mol. The van der Waals surface area contributed by atoms with Gasteiger partial charge in [-0.05, 0) is 43.9 Å². The van der Waals surface area contributed by atoms with E-state index in [1.54, 1.807) is 0 Å². The van der Waals surface area contributed by atoms with Crippen LogP contribution in [0.15, 0.2) is 47.6 Å². The Morgan fingerprint density at radius 2 is 1.52 bits per heavy atom. The molecule has 2 saturated carbocycles. The van der Waals surface area contributed by atoms with Gasteiger partial charge in [-0.3, -0.25) is 9.59 Å². The maximum Gasteiger partial charge on any atom is 0.416 e. The van der Waals surface area contributed by atoms with Crippen molar-refractivity contribution in [3.05, 3.63) is 53.1 Å². The van der Waals surface area contributed by atoms with E-state index in [4.69, 9.17) is 0 Å². The Labute approximate surface area is 154 Å². The minimum absolute atomic E-state index is 0.0173. The molecule has 2 amide bonds. The van der Waals surface area contributed by atoms with Gasteiger partial charge in [0.15, 0.2) is 0 Å². The summed E-state index contributed by atoms with van der Waals surface area (Å²) in [4.78, 5) is 27.1. The van der Waals surface area contributed by atoms with Gasteiger partial charge in [-0.15, -0.1) is 0 Å². The molecule has 27 heavy (non-hydrogen) atoms. The van der Waals surface area contributed by atoms with Crippen molar-refractivity contribution < 1.29 is 22.8 Å². The number of carbonyl (C=O) groups is 2. The number of halogens is 3. The van der Waals surface area contributed by atoms with E-state index in [2.05, 4.69) is 0 Å². The third-order valence-electron chi connectivity index (χ3n) is 6.46. The van der Waals surface area contributed by atoms with E-state index < -0.39 is 23.6 Å². The zero-order valence-electron chi connectivity index (χ0n) is 14.5. The van der Waals surface area contributed by atoms with Crippen LogP contribution in [-0.4, -0.2) is 11.8 Å². The van der Waals surface area contributed by atoms with Crippen LogP contribution < -0.4 is 4.90 Å². The first-order valence-corrected chi connectivity index (χ1v) is 9.33. The summed E-state index contributed by atoms with van der Waals surface area (Å²) in [6.07, 6.45) is 3.88. The number of carbonyl (C=O) groups excluding carboxylic acids is 2. The summed E-state index contributed by atoms with van der Waals surface area (Å²) >= 11 is 0. The van der Waals surface area contributed by atoms with E-state index in [0.29, 0.717) is 0 Å². The number of fused-ring (bicyclic) bond motifs is 5. The molecule has 0 unspecified atom stereocenters. The van der Waals surface area contributed by atoms with Gasteiger partial charge < -0.3 is 0 Å². The van der Waals surface area contributed by atoms with Crippen molar-refractivity contribution in [3.63, 3.8) is 0 Å². The van der Waals surface area contributed by atoms with Crippen LogP contribution in [0.25, 0.3) is 0 Å². The Balaban J connectivity index is 1.52. The molecule has 3 aliphatic carbocycles. The molecule has 0 N–H and O–H groups in total. The van der Waals surface area contributed by atoms with Gasteiger partial charge in [-0.2, -0.15) is 13.2 Å². The number of rotatable bonds is 1. The number of hydrogen-bond acceptors (Lipinski definition) is 2. The number of nitrogens with zero attached hydrogens (tertiary/aromatic N) is 1. The summed E-state index contributed by atoms with van der Waals surface area (Å²) in [5, 5.41) is 0. The van der Waals surface area contributed by atoms with Crippen LogP contribution >= 0.6 is 0 Å². The van der Waals surface area contributed by atoms with E-state index in [0.717, 1.165) is 42.7 Å². The molecule has 3 fully saturated rings. The van der Waals surface area contributed by atoms with Gasteiger partial charge in [-0.1, -0.05) is 29.4 Å². The molecule has 5 rings (SSSR count). The first-order valence-electron chi connectivity index (χ1n) is 9.33. The molecule has 1 aliphatic heterocycles. The van der Waals surface area contributed by atoms with E-state index in [1.165, 1.54) is 23.3 Å². The molecule has 6 heteroatoms. The highest BCUT2D eigenvalue weighted by Crippen LogP contribution is 2.58. The van der Waals surface area contributed by atoms with Gasteiger partial charge in [0, 0.05) is 11.8 Å². The quantitative estimate of drug-likeness (QED) is 0.537. The number of hydrogen-bond donors (Lipinski definition) is 0. The van der Waals surface area contributed by atoms with Gasteiger partial charge in [0.1, 0.15) is 0 Å². The van der Waals surface area contributed by atoms with Crippen LogP contribution in [0.3, 0.4) is 0 Å². The molecule has 4 atom stereocenters. The van der Waals surface area contributed by atoms with E-state index in [-0.39, 0.29) is 29.3 Å². The zero-order chi connectivity index (χ0) is 18.9. The smallest absolute Gasteiger partial charge is 0.274 e. The lowest BCUT2D eigenvalue weighted by Gasteiger charge is -2.20. The van der Waals surface area contributed by atoms with Crippen LogP contribution in [0.4, 0.5) is 18.9 Å². The Morgan fingerprint density at radius 1 is 0.926 bits per heavy atom. The van der Waals surface area contributed by atoms with Crippen LogP contribution in [0.1, 0.15) is 31.2 Å². The highest BCUT2D eigenvalue weighted by Gasteiger charge is 2.62. The van der Waals surface area contributed by atoms with Crippen molar-refractivity contribution in [2.24, 2.45) is 23.7 Å². The van der Waals surface area contributed by atoms with E-state index in [1.807, 2.05) is 12.2 Å². The van der Waals surface area contributed by atoms with Crippen LogP contribution in [0.2, 0.25) is 0 Å². The summed E-state index contributed by atoms with van der Waals surface area (Å²) in [6, 6.07) is 4.48. The summed E-state index contributed by atoms with van der Waals surface area (Å²) in [6.45, 7) is 0. The molecular weight excluding hydrogens is 355 g/mol. The largest absolute Gasteiger partial charge is 0.416 e. The van der Waals surface area contributed by atoms with Gasteiger partial charge in [0.05, 0.1) is 23.1 Å². The van der Waals surface area contributed by atoms with Gasteiger partial charge >= 0.3 is 6.18 Å². The summed E-state index contributed by atoms with van der Waals surface area (Å²) in [5.74, 6) is -1.80. The molecule has 1 aromatic rings. The van der Waals surface area contributed by atoms with E-state index in [9.17, 15) is 22.8 Å². The number of benzene rings is 1. The van der Waals surface area contributed by atoms with Crippen molar-refractivity contribution in [1.29, 1.82) is 0 Å². The second-order valence-corrected chi connectivity index (χ2v) is 7.81. The molecule has 0 spiro atoms. The first kappa shape index (κ1) is 16.8. The minimum atomic E-state index is -4.52. The highest BCUT2D eigenvalue weighted by molar-refractivity contribution is 6.23. The lowest BCUT2D eigenvalue weighted by atomic mass is 9.85. The molecule has 0 aromatic heterocycles. The number of anilines is 1. The second kappa shape index (κ2) is 5.57. The molecule has 3 nitrogen and oxygen atoms in total. The molecule has 1 saturated heterocycles. The zero-order valence-corrected chi connectivity index (χ0v) is 14.5. The average molecular weight is 373 g/mol. The topological polar surface area (TPSA) is 37.4 Å². The molecule has 1 heterocycles. The summed E-state index contributed by atoms with van der Waals surface area (Å²) in [7, 11) is 0. The van der Waals surface area contributed by atoms with Crippen LogP contribution in [0.5, 0.6) is 0 Å². The van der Waals surface area contributed by atoms with Crippen molar-refractivity contribution in [2.45, 2.75) is 31.9 Å². The maximum absolute atomic E-state index is 13.1. The predicted octanol–water partition coefficient (Wildman–Crippen LogP) is 4.50. The van der Waals surface area contributed by atoms with Crippen LogP contribution in [-0.2, 0) is 15.8 Å². The number of alkyl halides is 3. The number of amides is 2. The van der Waals surface area contributed by atoms with Crippen molar-refractivity contribution in [2.75, 3.05) is 4.90 Å². The average Bonchev–Trinajstić information content (AvgIpc) is 3.37. The van der Waals surface area contributed by atoms with E-state index >= 15 is 0 Å². The first-order chi connectivity index (χ1) is 12.9. The second-order valence-electron chi connectivity index (χ2n) is 7.81. The fourth-order valence-corrected chi connectivity index (χ4v) is 5.40. The molecule has 0 radical (unpaired) electrons. The minimum Gasteiger partial charge on any atom is -0.274 e. The van der Waals surface area contributed by atoms with Crippen molar-refractivity contribution in [3.8, 4) is 0 Å². The Bertz CT molecular complexity index is 872. The molecule has 1 aromatic carbocycles. The Kier molecular flexibility index (Phi) is 3.46. The van der Waals surface area contributed by atoms with Crippen molar-refractivity contribution >= 4 is 17.5 Å². The molecule has 2 bridgehead atoms. The van der Waals surface area contributed by atoms with Gasteiger partial charge in [0.25, 0.3) is 0 Å². The maximum atomic E-state index is 13.1. The summed E-state index contributed by atoms with van der Waals surface area (Å²) < 4.78 is 39.1. The highest BCUT2D eigenvalue weighted by atomic mass is 19.4. The third kappa shape index (κ3) is 2.28. The monoisotopic (exact) mass is 373 g/mol. The number of imide groups is 1. The van der Waals surface area contributed by atoms with Gasteiger partial charge in [0.2, 0.25) is 11.8 Å². The number of allylic oxidation sites excluding steroid dienone is 4. The summed E-state index contributed by atoms with van der Waals surface area (Å²) in [5.41, 5.74) is 1.79.